The zero-order valence-corrected chi connectivity index (χ0v) is 30.8. The summed E-state index contributed by atoms with van der Waals surface area (Å²) in [6.07, 6.45) is -11.7. The van der Waals surface area contributed by atoms with E-state index in [1.165, 1.54) is 16.7 Å². The molecule has 2 aliphatic heterocycles. The first kappa shape index (κ1) is 46.8. The number of carbonyl (C=O) groups is 3. The number of aryl methyl sites for hydroxylation is 2. The minimum absolute atomic E-state index is 0.479. The number of piperazine rings is 1. The highest BCUT2D eigenvalue weighted by Crippen LogP contribution is 2.29. The van der Waals surface area contributed by atoms with Gasteiger partial charge in [0.05, 0.1) is 6.20 Å². The molecule has 24 heteroatoms. The Balaban J connectivity index is 0.000000353. The van der Waals surface area contributed by atoms with Crippen LogP contribution in [0.15, 0.2) is 66.9 Å². The summed E-state index contributed by atoms with van der Waals surface area (Å²) in [6, 6.07) is 20.9. The van der Waals surface area contributed by atoms with Crippen LogP contribution >= 0.6 is 23.2 Å². The van der Waals surface area contributed by atoms with Gasteiger partial charge in [0.25, 0.3) is 0 Å². The zero-order valence-electron chi connectivity index (χ0n) is 29.3. The molecule has 6 bridgehead atoms. The Kier molecular flexibility index (Phi) is 16.3. The molecule has 0 unspecified atom stereocenters. The van der Waals surface area contributed by atoms with Crippen LogP contribution in [0.2, 0.25) is 10.2 Å². The molecule has 0 aliphatic carbocycles. The maximum atomic E-state index is 10.6. The minimum Gasteiger partial charge on any atom is -0.475 e. The van der Waals surface area contributed by atoms with E-state index in [0.717, 1.165) is 62.8 Å². The molecule has 0 radical (unpaired) electrons. The fourth-order valence-electron chi connectivity index (χ4n) is 4.91. The number of nitrogens with zero attached hydrogens (tertiary/aromatic N) is 5. The first-order chi connectivity index (χ1) is 26.9. The van der Waals surface area contributed by atoms with Crippen LogP contribution in [0, 0.1) is 0 Å². The van der Waals surface area contributed by atoms with Gasteiger partial charge in [-0.05, 0) is 65.9 Å². The van der Waals surface area contributed by atoms with Crippen molar-refractivity contribution in [3.05, 3.63) is 93.7 Å². The molecule has 0 amide bonds. The van der Waals surface area contributed by atoms with Gasteiger partial charge in [-0.15, -0.1) is 0 Å². The molecule has 5 N–H and O–H groups in total. The molecule has 2 aromatic heterocycles. The first-order valence-corrected chi connectivity index (χ1v) is 16.9. The largest absolute Gasteiger partial charge is 0.490 e. The maximum Gasteiger partial charge on any atom is 0.490 e. The summed E-state index contributed by atoms with van der Waals surface area (Å²) in [5, 5.41) is 29.1. The van der Waals surface area contributed by atoms with Crippen LogP contribution in [-0.2, 0) is 33.8 Å². The van der Waals surface area contributed by atoms with Gasteiger partial charge in [0.1, 0.15) is 16.0 Å². The molecule has 13 nitrogen and oxygen atoms in total. The van der Waals surface area contributed by atoms with Crippen LogP contribution in [-0.4, -0.2) is 97.8 Å². The fourth-order valence-corrected chi connectivity index (χ4v) is 5.21. The number of aliphatic carboxylic acids is 3. The van der Waals surface area contributed by atoms with E-state index in [1.54, 1.807) is 6.20 Å². The predicted octanol–water partition coefficient (Wildman–Crippen LogP) is 7.99. The van der Waals surface area contributed by atoms with Gasteiger partial charge < -0.3 is 30.9 Å². The van der Waals surface area contributed by atoms with Crippen molar-refractivity contribution < 1.29 is 69.2 Å². The number of carboxylic acid groups (broad SMARTS) is 3. The van der Waals surface area contributed by atoms with Gasteiger partial charge in [0.2, 0.25) is 5.95 Å². The third-order valence-corrected chi connectivity index (χ3v) is 7.96. The number of hydrogen-bond donors (Lipinski definition) is 5. The number of halogens is 11. The number of pyridine rings is 1. The lowest BCUT2D eigenvalue weighted by Crippen LogP contribution is -2.46. The van der Waals surface area contributed by atoms with Crippen molar-refractivity contribution in [2.24, 2.45) is 0 Å². The monoisotopic (exact) mass is 873 g/mol. The highest BCUT2D eigenvalue weighted by Gasteiger charge is 2.39. The Bertz CT molecular complexity index is 1990. The van der Waals surface area contributed by atoms with Crippen LogP contribution in [0.25, 0.3) is 0 Å². The van der Waals surface area contributed by atoms with E-state index in [9.17, 15) is 39.5 Å². The van der Waals surface area contributed by atoms with Crippen molar-refractivity contribution in [1.29, 1.82) is 0 Å². The van der Waals surface area contributed by atoms with Gasteiger partial charge in [-0.3, -0.25) is 4.90 Å². The molecule has 2 aliphatic rings. The van der Waals surface area contributed by atoms with Gasteiger partial charge in [-0.2, -0.15) is 44.5 Å². The smallest absolute Gasteiger partial charge is 0.475 e. The van der Waals surface area contributed by atoms with Crippen LogP contribution in [0.1, 0.15) is 16.7 Å². The molecule has 0 saturated carbocycles. The predicted molar refractivity (Wildman–Crippen MR) is 192 cm³/mol. The van der Waals surface area contributed by atoms with E-state index < -0.39 is 36.4 Å². The Morgan fingerprint density at radius 2 is 1.21 bits per heavy atom. The molecule has 2 aromatic carbocycles. The third-order valence-electron chi connectivity index (χ3n) is 7.48. The first-order valence-electron chi connectivity index (χ1n) is 16.2. The maximum absolute atomic E-state index is 10.6. The van der Waals surface area contributed by atoms with E-state index in [-0.39, 0.29) is 0 Å². The van der Waals surface area contributed by atoms with Gasteiger partial charge in [0.15, 0.2) is 5.82 Å². The number of hydrogen-bond acceptors (Lipinski definition) is 10. The number of carboxylic acids is 3. The van der Waals surface area contributed by atoms with Crippen molar-refractivity contribution in [2.75, 3.05) is 41.7 Å². The molecule has 314 valence electrons. The third kappa shape index (κ3) is 15.7. The van der Waals surface area contributed by atoms with Gasteiger partial charge in [0, 0.05) is 44.1 Å². The number of alkyl halides is 9. The Labute approximate surface area is 332 Å². The summed E-state index contributed by atoms with van der Waals surface area (Å²) in [4.78, 5) is 44.9. The van der Waals surface area contributed by atoms with Crippen molar-refractivity contribution in [3.8, 4) is 0 Å². The molecule has 4 aromatic rings. The SMILES string of the molecule is Clc1cccc(N2CCN(Cc3cc4cc(c3)Nc3nc(ncc3Cl)Nc3cccc(c3)CC4)CC2)n1.O=C(O)C(F)(F)F.O=C(O)C(F)(F)F.O=C(O)C(F)(F)F. The molecule has 1 saturated heterocycles. The Morgan fingerprint density at radius 1 is 0.672 bits per heavy atom. The van der Waals surface area contributed by atoms with Crippen LogP contribution < -0.4 is 15.5 Å². The normalized spacial score (nSPS) is 14.0. The topological polar surface area (TPSA) is 181 Å². The lowest BCUT2D eigenvalue weighted by atomic mass is 10.0. The number of aromatic nitrogens is 3. The summed E-state index contributed by atoms with van der Waals surface area (Å²) in [7, 11) is 0. The second kappa shape index (κ2) is 20.2. The van der Waals surface area contributed by atoms with Crippen LogP contribution in [0.4, 0.5) is 68.5 Å². The average Bonchev–Trinajstić information content (AvgIpc) is 3.12. The molecule has 4 heterocycles. The fraction of sp³-hybridized carbons (Fsp3) is 0.294. The summed E-state index contributed by atoms with van der Waals surface area (Å²) < 4.78 is 95.2. The molecule has 58 heavy (non-hydrogen) atoms. The number of rotatable bonds is 3. The van der Waals surface area contributed by atoms with E-state index in [0.29, 0.717) is 21.9 Å². The van der Waals surface area contributed by atoms with E-state index in [4.69, 9.17) is 52.9 Å². The van der Waals surface area contributed by atoms with Crippen molar-refractivity contribution >= 4 is 70.1 Å². The van der Waals surface area contributed by atoms with Crippen LogP contribution in [0.5, 0.6) is 0 Å². The zero-order chi connectivity index (χ0) is 43.4. The van der Waals surface area contributed by atoms with Gasteiger partial charge >= 0.3 is 36.4 Å². The van der Waals surface area contributed by atoms with E-state index in [1.807, 2.05) is 24.3 Å². The molecule has 0 atom stereocenters. The number of nitrogens with one attached hydrogen (secondary N) is 2. The second-order valence-corrected chi connectivity index (χ2v) is 12.7. The van der Waals surface area contributed by atoms with Crippen LogP contribution in [0.3, 0.4) is 0 Å². The van der Waals surface area contributed by atoms with E-state index >= 15 is 0 Å². The van der Waals surface area contributed by atoms with Gasteiger partial charge in [-0.1, -0.05) is 47.5 Å². The highest BCUT2D eigenvalue weighted by molar-refractivity contribution is 6.33. The number of anilines is 5. The minimum atomic E-state index is -5.08. The Hall–Kier alpha value is -5.61. The number of benzene rings is 2. The lowest BCUT2D eigenvalue weighted by Gasteiger charge is -2.35. The molecular formula is C34H30Cl2F9N7O6. The quantitative estimate of drug-likeness (QED) is 0.0989. The molecule has 6 rings (SSSR count). The summed E-state index contributed by atoms with van der Waals surface area (Å²) in [5.41, 5.74) is 5.76. The summed E-state index contributed by atoms with van der Waals surface area (Å²) in [6.45, 7) is 4.63. The molecule has 1 fully saturated rings. The lowest BCUT2D eigenvalue weighted by molar-refractivity contribution is -0.193. The highest BCUT2D eigenvalue weighted by atomic mass is 35.5. The van der Waals surface area contributed by atoms with Crippen molar-refractivity contribution in [3.63, 3.8) is 0 Å². The Morgan fingerprint density at radius 3 is 1.76 bits per heavy atom. The van der Waals surface area contributed by atoms with Crippen molar-refractivity contribution in [1.82, 2.24) is 19.9 Å². The summed E-state index contributed by atoms with van der Waals surface area (Å²) in [5.74, 6) is -6.24. The molecular weight excluding hydrogens is 844 g/mol. The van der Waals surface area contributed by atoms with E-state index in [2.05, 4.69) is 71.8 Å². The number of fused-ring (bicyclic) bond motifs is 6. The standard InChI is InChI=1S/C28H27Cl2N7.3C2HF3O2/c29-24-17-31-28-33-22-4-1-3-19(14-22)7-8-20-13-21(16-23(15-20)32-27(24)35-28)18-36-9-11-37(12-10-36)26-6-2-5-25(30)34-26;3*3-2(4,5)1(6)7/h1-6,13-17H,7-12,18H2,(H2,31,32,33,35);3*(H,6,7). The summed E-state index contributed by atoms with van der Waals surface area (Å²) >= 11 is 12.6. The van der Waals surface area contributed by atoms with Gasteiger partial charge in [-0.25, -0.2) is 24.4 Å². The van der Waals surface area contributed by atoms with Crippen molar-refractivity contribution in [2.45, 2.75) is 37.9 Å². The average molecular weight is 875 g/mol. The second-order valence-electron chi connectivity index (χ2n) is 11.9. The molecule has 0 spiro atoms.